The minimum Gasteiger partial charge on any atom is -0.369 e. The Hall–Kier alpha value is -1.09. The van der Waals surface area contributed by atoms with E-state index in [0.29, 0.717) is 18.4 Å². The van der Waals surface area contributed by atoms with Gasteiger partial charge in [-0.15, -0.1) is 0 Å². The van der Waals surface area contributed by atoms with Crippen LogP contribution in [0.5, 0.6) is 0 Å². The van der Waals surface area contributed by atoms with E-state index < -0.39 is 0 Å². The number of halogens is 1. The highest BCUT2D eigenvalue weighted by Crippen LogP contribution is 2.29. The van der Waals surface area contributed by atoms with Crippen molar-refractivity contribution >= 4 is 5.69 Å². The fourth-order valence-corrected chi connectivity index (χ4v) is 2.61. The first kappa shape index (κ1) is 15.3. The summed E-state index contributed by atoms with van der Waals surface area (Å²) in [5.74, 6) is 1.17. The Bertz CT molecular complexity index is 455. The van der Waals surface area contributed by atoms with Gasteiger partial charge in [0.15, 0.2) is 0 Å². The number of rotatable bonds is 3. The maximum atomic E-state index is 14.3. The molecule has 2 nitrogen and oxygen atoms in total. The maximum Gasteiger partial charge on any atom is 0.146 e. The third-order valence-corrected chi connectivity index (χ3v) is 4.16. The largest absolute Gasteiger partial charge is 0.369 e. The van der Waals surface area contributed by atoms with Crippen molar-refractivity contribution < 1.29 is 4.39 Å². The Balaban J connectivity index is 2.07. The van der Waals surface area contributed by atoms with Gasteiger partial charge in [0.05, 0.1) is 5.69 Å². The Labute approximate surface area is 122 Å². The van der Waals surface area contributed by atoms with Crippen molar-refractivity contribution in [3.63, 3.8) is 0 Å². The van der Waals surface area contributed by atoms with Crippen molar-refractivity contribution in [1.82, 2.24) is 5.32 Å². The van der Waals surface area contributed by atoms with E-state index in [-0.39, 0.29) is 11.4 Å². The van der Waals surface area contributed by atoms with Gasteiger partial charge in [-0.2, -0.15) is 0 Å². The number of nitrogens with one attached hydrogen (secondary N) is 1. The van der Waals surface area contributed by atoms with Gasteiger partial charge in [-0.25, -0.2) is 4.39 Å². The van der Waals surface area contributed by atoms with Gasteiger partial charge in [0, 0.05) is 25.2 Å². The highest BCUT2D eigenvalue weighted by Gasteiger charge is 2.27. The Morgan fingerprint density at radius 3 is 2.30 bits per heavy atom. The van der Waals surface area contributed by atoms with Crippen LogP contribution in [0, 0.1) is 17.7 Å². The average molecular weight is 278 g/mol. The lowest BCUT2D eigenvalue weighted by molar-refractivity contribution is 0.423. The molecule has 0 saturated carbocycles. The predicted octanol–water partition coefficient (Wildman–Crippen LogP) is 3.81. The van der Waals surface area contributed by atoms with Crippen molar-refractivity contribution in [3.8, 4) is 0 Å². The molecule has 0 aliphatic carbocycles. The van der Waals surface area contributed by atoms with Crippen molar-refractivity contribution in [2.45, 2.75) is 46.7 Å². The second kappa shape index (κ2) is 5.72. The van der Waals surface area contributed by atoms with Gasteiger partial charge in [-0.05, 0) is 50.3 Å². The minimum atomic E-state index is -0.0977. The number of nitrogens with zero attached hydrogens (tertiary/aromatic N) is 1. The summed E-state index contributed by atoms with van der Waals surface area (Å²) in [6, 6.07) is 5.63. The number of hydrogen-bond acceptors (Lipinski definition) is 2. The zero-order chi connectivity index (χ0) is 14.9. The SMILES string of the molecule is CC1CN(c2ccc(CNC(C)(C)C)cc2F)CC1C. The van der Waals surface area contributed by atoms with Crippen LogP contribution < -0.4 is 10.2 Å². The first-order chi connectivity index (χ1) is 9.26. The molecule has 2 rings (SSSR count). The van der Waals surface area contributed by atoms with Crippen molar-refractivity contribution in [3.05, 3.63) is 29.6 Å². The van der Waals surface area contributed by atoms with E-state index in [1.807, 2.05) is 12.1 Å². The van der Waals surface area contributed by atoms with E-state index in [2.05, 4.69) is 44.8 Å². The second-order valence-corrected chi connectivity index (χ2v) is 7.25. The van der Waals surface area contributed by atoms with Gasteiger partial charge in [0.1, 0.15) is 5.82 Å². The molecule has 1 aliphatic rings. The highest BCUT2D eigenvalue weighted by atomic mass is 19.1. The molecule has 1 saturated heterocycles. The molecule has 112 valence electrons. The van der Waals surface area contributed by atoms with Crippen LogP contribution in [0.1, 0.15) is 40.2 Å². The molecule has 20 heavy (non-hydrogen) atoms. The van der Waals surface area contributed by atoms with Crippen LogP contribution in [0.2, 0.25) is 0 Å². The van der Waals surface area contributed by atoms with Crippen LogP contribution in [0.4, 0.5) is 10.1 Å². The van der Waals surface area contributed by atoms with Crippen molar-refractivity contribution in [2.24, 2.45) is 11.8 Å². The molecule has 2 unspecified atom stereocenters. The van der Waals surface area contributed by atoms with Gasteiger partial charge in [-0.1, -0.05) is 19.9 Å². The zero-order valence-corrected chi connectivity index (χ0v) is 13.3. The van der Waals surface area contributed by atoms with Crippen LogP contribution in [0.3, 0.4) is 0 Å². The molecular formula is C17H27FN2. The Morgan fingerprint density at radius 1 is 1.20 bits per heavy atom. The van der Waals surface area contributed by atoms with Gasteiger partial charge in [-0.3, -0.25) is 0 Å². The molecule has 1 aliphatic heterocycles. The van der Waals surface area contributed by atoms with Gasteiger partial charge in [0.25, 0.3) is 0 Å². The molecule has 1 N–H and O–H groups in total. The van der Waals surface area contributed by atoms with E-state index in [1.165, 1.54) is 0 Å². The zero-order valence-electron chi connectivity index (χ0n) is 13.3. The molecule has 0 spiro atoms. The summed E-state index contributed by atoms with van der Waals surface area (Å²) in [4.78, 5) is 2.17. The smallest absolute Gasteiger partial charge is 0.146 e. The fourth-order valence-electron chi connectivity index (χ4n) is 2.61. The molecule has 3 heteroatoms. The molecule has 0 bridgehead atoms. The van der Waals surface area contributed by atoms with E-state index in [4.69, 9.17) is 0 Å². The van der Waals surface area contributed by atoms with Gasteiger partial charge >= 0.3 is 0 Å². The minimum absolute atomic E-state index is 0.0506. The van der Waals surface area contributed by atoms with E-state index in [0.717, 1.165) is 24.3 Å². The molecular weight excluding hydrogens is 251 g/mol. The molecule has 0 amide bonds. The first-order valence-corrected chi connectivity index (χ1v) is 7.54. The number of benzene rings is 1. The van der Waals surface area contributed by atoms with E-state index in [1.54, 1.807) is 6.07 Å². The first-order valence-electron chi connectivity index (χ1n) is 7.54. The normalized spacial score (nSPS) is 23.4. The third-order valence-electron chi connectivity index (χ3n) is 4.16. The summed E-state index contributed by atoms with van der Waals surface area (Å²) in [5, 5.41) is 3.39. The second-order valence-electron chi connectivity index (χ2n) is 7.25. The summed E-state index contributed by atoms with van der Waals surface area (Å²) in [7, 11) is 0. The van der Waals surface area contributed by atoms with Crippen molar-refractivity contribution in [1.29, 1.82) is 0 Å². The molecule has 0 radical (unpaired) electrons. The quantitative estimate of drug-likeness (QED) is 0.904. The summed E-state index contributed by atoms with van der Waals surface area (Å²) in [6.07, 6.45) is 0. The van der Waals surface area contributed by atoms with Crippen LogP contribution in [0.25, 0.3) is 0 Å². The van der Waals surface area contributed by atoms with Crippen LogP contribution in [-0.2, 0) is 6.54 Å². The van der Waals surface area contributed by atoms with Crippen LogP contribution in [-0.4, -0.2) is 18.6 Å². The number of anilines is 1. The summed E-state index contributed by atoms with van der Waals surface area (Å²) < 4.78 is 14.3. The van der Waals surface area contributed by atoms with E-state index in [9.17, 15) is 4.39 Å². The Morgan fingerprint density at radius 2 is 1.80 bits per heavy atom. The number of hydrogen-bond donors (Lipinski definition) is 1. The van der Waals surface area contributed by atoms with Crippen LogP contribution in [0.15, 0.2) is 18.2 Å². The van der Waals surface area contributed by atoms with Crippen molar-refractivity contribution in [2.75, 3.05) is 18.0 Å². The molecule has 0 aromatic heterocycles. The lowest BCUT2D eigenvalue weighted by Crippen LogP contribution is -2.35. The third kappa shape index (κ3) is 3.72. The molecule has 1 fully saturated rings. The average Bonchev–Trinajstić information content (AvgIpc) is 2.66. The molecule has 2 atom stereocenters. The molecule has 1 aromatic carbocycles. The monoisotopic (exact) mass is 278 g/mol. The maximum absolute atomic E-state index is 14.3. The molecule has 1 heterocycles. The predicted molar refractivity (Wildman–Crippen MR) is 83.5 cm³/mol. The summed E-state index contributed by atoms with van der Waals surface area (Å²) in [5.41, 5.74) is 1.80. The topological polar surface area (TPSA) is 15.3 Å². The van der Waals surface area contributed by atoms with Crippen LogP contribution >= 0.6 is 0 Å². The Kier molecular flexibility index (Phi) is 4.38. The summed E-state index contributed by atoms with van der Waals surface area (Å²) >= 11 is 0. The fraction of sp³-hybridized carbons (Fsp3) is 0.647. The van der Waals surface area contributed by atoms with Gasteiger partial charge in [0.2, 0.25) is 0 Å². The van der Waals surface area contributed by atoms with E-state index >= 15 is 0 Å². The summed E-state index contributed by atoms with van der Waals surface area (Å²) in [6.45, 7) is 13.4. The lowest BCUT2D eigenvalue weighted by atomic mass is 10.0. The standard InChI is InChI=1S/C17H27FN2/c1-12-10-20(11-13(12)2)16-7-6-14(8-15(16)18)9-19-17(3,4)5/h6-8,12-13,19H,9-11H2,1-5H3. The highest BCUT2D eigenvalue weighted by molar-refractivity contribution is 5.50. The lowest BCUT2D eigenvalue weighted by Gasteiger charge is -2.22. The van der Waals surface area contributed by atoms with Gasteiger partial charge < -0.3 is 10.2 Å². The molecule has 1 aromatic rings.